The second-order valence-corrected chi connectivity index (χ2v) is 4.83. The summed E-state index contributed by atoms with van der Waals surface area (Å²) in [5.74, 6) is -0.852. The van der Waals surface area contributed by atoms with Gasteiger partial charge in [-0.1, -0.05) is 23.7 Å². The van der Waals surface area contributed by atoms with Crippen molar-refractivity contribution in [1.82, 2.24) is 0 Å². The normalized spacial score (nSPS) is 11.1. The number of nitro benzene ring substituents is 1. The lowest BCUT2D eigenvalue weighted by molar-refractivity contribution is -0.385. The number of alkyl halides is 3. The minimum atomic E-state index is -4.87. The molecule has 23 heavy (non-hydrogen) atoms. The number of halogens is 4. The van der Waals surface area contributed by atoms with Crippen LogP contribution in [0.15, 0.2) is 42.5 Å². The lowest BCUT2D eigenvalue weighted by Crippen LogP contribution is -2.17. The molecule has 2 aromatic rings. The van der Waals surface area contributed by atoms with Gasteiger partial charge in [0.25, 0.3) is 11.6 Å². The molecule has 0 heterocycles. The summed E-state index contributed by atoms with van der Waals surface area (Å²) < 4.78 is 39.1. The number of non-ortho nitro benzene ring substituents is 1. The monoisotopic (exact) mass is 344 g/mol. The summed E-state index contributed by atoms with van der Waals surface area (Å²) in [5.41, 5.74) is -2.64. The van der Waals surface area contributed by atoms with E-state index in [4.69, 9.17) is 11.6 Å². The first-order valence-corrected chi connectivity index (χ1v) is 6.49. The molecule has 5 nitrogen and oxygen atoms in total. The van der Waals surface area contributed by atoms with Crippen LogP contribution in [0.4, 0.5) is 24.5 Å². The van der Waals surface area contributed by atoms with Gasteiger partial charge in [0.1, 0.15) is 0 Å². The third-order valence-electron chi connectivity index (χ3n) is 2.89. The SMILES string of the molecule is O=C(Nc1ccc([N+](=O)[O-])cc1C(F)(F)F)c1ccccc1Cl. The van der Waals surface area contributed by atoms with Crippen LogP contribution in [-0.4, -0.2) is 10.8 Å². The zero-order chi connectivity index (χ0) is 17.2. The molecule has 0 fully saturated rings. The zero-order valence-electron chi connectivity index (χ0n) is 11.2. The van der Waals surface area contributed by atoms with Crippen molar-refractivity contribution in [2.75, 3.05) is 5.32 Å². The molecule has 9 heteroatoms. The molecule has 2 aromatic carbocycles. The number of amides is 1. The van der Waals surface area contributed by atoms with Crippen LogP contribution in [0.5, 0.6) is 0 Å². The van der Waals surface area contributed by atoms with Crippen LogP contribution < -0.4 is 5.32 Å². The van der Waals surface area contributed by atoms with Crippen molar-refractivity contribution in [3.05, 3.63) is 68.7 Å². The molecule has 0 atom stereocenters. The van der Waals surface area contributed by atoms with Gasteiger partial charge in [-0.2, -0.15) is 13.2 Å². The third-order valence-corrected chi connectivity index (χ3v) is 3.22. The fourth-order valence-corrected chi connectivity index (χ4v) is 2.05. The molecular formula is C14H8ClF3N2O3. The average Bonchev–Trinajstić information content (AvgIpc) is 2.46. The Hall–Kier alpha value is -2.61. The van der Waals surface area contributed by atoms with Crippen LogP contribution in [0.2, 0.25) is 5.02 Å². The number of carbonyl (C=O) groups excluding carboxylic acids is 1. The van der Waals surface area contributed by atoms with Gasteiger partial charge in [0.15, 0.2) is 0 Å². The summed E-state index contributed by atoms with van der Waals surface area (Å²) >= 11 is 5.81. The van der Waals surface area contributed by atoms with Crippen molar-refractivity contribution >= 4 is 28.9 Å². The number of hydrogen-bond acceptors (Lipinski definition) is 3. The molecule has 2 rings (SSSR count). The number of rotatable bonds is 3. The number of nitrogens with zero attached hydrogens (tertiary/aromatic N) is 1. The minimum Gasteiger partial charge on any atom is -0.321 e. The van der Waals surface area contributed by atoms with E-state index in [2.05, 4.69) is 5.32 Å². The molecule has 0 aromatic heterocycles. The number of nitrogens with one attached hydrogen (secondary N) is 1. The van der Waals surface area contributed by atoms with Crippen LogP contribution in [0.3, 0.4) is 0 Å². The first-order valence-electron chi connectivity index (χ1n) is 6.11. The maximum atomic E-state index is 13.0. The van der Waals surface area contributed by atoms with Gasteiger partial charge >= 0.3 is 6.18 Å². The molecular weight excluding hydrogens is 337 g/mol. The van der Waals surface area contributed by atoms with Crippen molar-refractivity contribution < 1.29 is 22.9 Å². The van der Waals surface area contributed by atoms with Gasteiger partial charge in [-0.05, 0) is 18.2 Å². The Balaban J connectivity index is 2.42. The van der Waals surface area contributed by atoms with Gasteiger partial charge in [-0.15, -0.1) is 0 Å². The van der Waals surface area contributed by atoms with Crippen molar-refractivity contribution in [3.8, 4) is 0 Å². The molecule has 0 aliphatic heterocycles. The topological polar surface area (TPSA) is 72.2 Å². The van der Waals surface area contributed by atoms with Gasteiger partial charge in [0.05, 0.1) is 26.8 Å². The smallest absolute Gasteiger partial charge is 0.321 e. The molecule has 0 aliphatic carbocycles. The largest absolute Gasteiger partial charge is 0.418 e. The number of hydrogen-bond donors (Lipinski definition) is 1. The van der Waals surface area contributed by atoms with E-state index in [-0.39, 0.29) is 10.6 Å². The Morgan fingerprint density at radius 3 is 2.39 bits per heavy atom. The van der Waals surface area contributed by atoms with Crippen molar-refractivity contribution in [3.63, 3.8) is 0 Å². The quantitative estimate of drug-likeness (QED) is 0.657. The Labute approximate surface area is 132 Å². The molecule has 0 spiro atoms. The minimum absolute atomic E-state index is 0.0133. The summed E-state index contributed by atoms with van der Waals surface area (Å²) in [6.45, 7) is 0. The highest BCUT2D eigenvalue weighted by atomic mass is 35.5. The van der Waals surface area contributed by atoms with E-state index in [0.717, 1.165) is 12.1 Å². The maximum Gasteiger partial charge on any atom is 0.418 e. The Bertz CT molecular complexity index is 778. The van der Waals surface area contributed by atoms with E-state index in [9.17, 15) is 28.1 Å². The molecule has 0 aliphatic rings. The highest BCUT2D eigenvalue weighted by molar-refractivity contribution is 6.34. The molecule has 0 bridgehead atoms. The summed E-state index contributed by atoms with van der Waals surface area (Å²) in [6.07, 6.45) is -4.87. The van der Waals surface area contributed by atoms with E-state index in [1.807, 2.05) is 0 Å². The van der Waals surface area contributed by atoms with Crippen LogP contribution in [0.1, 0.15) is 15.9 Å². The standard InChI is InChI=1S/C14H8ClF3N2O3/c15-11-4-2-1-3-9(11)13(21)19-12-6-5-8(20(22)23)7-10(12)14(16,17)18/h1-7H,(H,19,21). The number of carbonyl (C=O) groups is 1. The predicted molar refractivity (Wildman–Crippen MR) is 77.5 cm³/mol. The molecule has 1 N–H and O–H groups in total. The highest BCUT2D eigenvalue weighted by Gasteiger charge is 2.35. The first-order chi connectivity index (χ1) is 10.7. The second-order valence-electron chi connectivity index (χ2n) is 4.42. The summed E-state index contributed by atoms with van der Waals surface area (Å²) in [5, 5.41) is 12.8. The van der Waals surface area contributed by atoms with E-state index in [1.54, 1.807) is 6.07 Å². The van der Waals surface area contributed by atoms with Crippen LogP contribution >= 0.6 is 11.6 Å². The summed E-state index contributed by atoms with van der Waals surface area (Å²) in [7, 11) is 0. The number of anilines is 1. The second kappa shape index (κ2) is 6.25. The van der Waals surface area contributed by atoms with Crippen LogP contribution in [0, 0.1) is 10.1 Å². The predicted octanol–water partition coefficient (Wildman–Crippen LogP) is 4.52. The Morgan fingerprint density at radius 2 is 1.83 bits per heavy atom. The van der Waals surface area contributed by atoms with Gasteiger partial charge in [0.2, 0.25) is 0 Å². The van der Waals surface area contributed by atoms with E-state index >= 15 is 0 Å². The van der Waals surface area contributed by atoms with Gasteiger partial charge < -0.3 is 5.32 Å². The van der Waals surface area contributed by atoms with E-state index in [1.165, 1.54) is 18.2 Å². The molecule has 0 saturated carbocycles. The number of nitro groups is 1. The van der Waals surface area contributed by atoms with Crippen molar-refractivity contribution in [1.29, 1.82) is 0 Å². The van der Waals surface area contributed by atoms with Crippen molar-refractivity contribution in [2.24, 2.45) is 0 Å². The molecule has 0 saturated heterocycles. The number of benzene rings is 2. The van der Waals surface area contributed by atoms with Gasteiger partial charge in [-0.25, -0.2) is 0 Å². The van der Waals surface area contributed by atoms with E-state index in [0.29, 0.717) is 6.07 Å². The molecule has 120 valence electrons. The maximum absolute atomic E-state index is 13.0. The van der Waals surface area contributed by atoms with Crippen LogP contribution in [0.25, 0.3) is 0 Å². The zero-order valence-corrected chi connectivity index (χ0v) is 12.0. The Kier molecular flexibility index (Phi) is 4.55. The fourth-order valence-electron chi connectivity index (χ4n) is 1.82. The van der Waals surface area contributed by atoms with Crippen molar-refractivity contribution in [2.45, 2.75) is 6.18 Å². The first kappa shape index (κ1) is 16.8. The molecule has 0 radical (unpaired) electrons. The van der Waals surface area contributed by atoms with Gasteiger partial charge in [0, 0.05) is 12.1 Å². The molecule has 1 amide bonds. The third kappa shape index (κ3) is 3.78. The lowest BCUT2D eigenvalue weighted by atomic mass is 10.1. The molecule has 0 unspecified atom stereocenters. The highest BCUT2D eigenvalue weighted by Crippen LogP contribution is 2.37. The van der Waals surface area contributed by atoms with Gasteiger partial charge in [-0.3, -0.25) is 14.9 Å². The lowest BCUT2D eigenvalue weighted by Gasteiger charge is -2.14. The Morgan fingerprint density at radius 1 is 1.17 bits per heavy atom. The summed E-state index contributed by atoms with van der Waals surface area (Å²) in [6, 6.07) is 7.89. The average molecular weight is 345 g/mol. The van der Waals surface area contributed by atoms with E-state index < -0.39 is 33.9 Å². The van der Waals surface area contributed by atoms with Crippen LogP contribution in [-0.2, 0) is 6.18 Å². The summed E-state index contributed by atoms with van der Waals surface area (Å²) in [4.78, 5) is 21.7. The fraction of sp³-hybridized carbons (Fsp3) is 0.0714.